The van der Waals surface area contributed by atoms with E-state index in [4.69, 9.17) is 0 Å². The van der Waals surface area contributed by atoms with Crippen LogP contribution in [-0.4, -0.2) is 30.7 Å². The molecule has 0 unspecified atom stereocenters. The minimum atomic E-state index is -0.865. The summed E-state index contributed by atoms with van der Waals surface area (Å²) in [6, 6.07) is 3.91. The molecular formula is C14H15FN2O3. The number of anilines is 1. The van der Waals surface area contributed by atoms with Crippen LogP contribution >= 0.6 is 0 Å². The van der Waals surface area contributed by atoms with Gasteiger partial charge in [-0.3, -0.25) is 19.3 Å². The fourth-order valence-electron chi connectivity index (χ4n) is 2.07. The first-order chi connectivity index (χ1) is 9.56. The molecule has 0 fully saturated rings. The lowest BCUT2D eigenvalue weighted by molar-refractivity contribution is -0.122. The number of amides is 2. The number of Topliss-reactive ketones (excluding diaryl/α,β-unsaturated/α-hetero) is 1. The predicted molar refractivity (Wildman–Crippen MR) is 71.0 cm³/mol. The number of carbonyl (C=O) groups is 3. The molecule has 1 aliphatic heterocycles. The summed E-state index contributed by atoms with van der Waals surface area (Å²) < 4.78 is 13.8. The molecule has 0 aromatic heterocycles. The molecule has 1 heterocycles. The van der Waals surface area contributed by atoms with Gasteiger partial charge in [-0.1, -0.05) is 19.4 Å². The Morgan fingerprint density at radius 2 is 2.10 bits per heavy atom. The number of hydrogen-bond donors (Lipinski definition) is 1. The van der Waals surface area contributed by atoms with Crippen LogP contribution in [0.3, 0.4) is 0 Å². The number of para-hydroxylation sites is 1. The average Bonchev–Trinajstić information content (AvgIpc) is 2.66. The number of benzene rings is 1. The molecule has 1 aliphatic rings. The molecule has 1 aromatic carbocycles. The third kappa shape index (κ3) is 2.54. The van der Waals surface area contributed by atoms with E-state index in [1.165, 1.54) is 12.1 Å². The van der Waals surface area contributed by atoms with Crippen LogP contribution in [0.15, 0.2) is 18.2 Å². The zero-order valence-corrected chi connectivity index (χ0v) is 11.1. The molecule has 2 rings (SSSR count). The summed E-state index contributed by atoms with van der Waals surface area (Å²) in [4.78, 5) is 36.1. The largest absolute Gasteiger partial charge is 0.355 e. The lowest BCUT2D eigenvalue weighted by Gasteiger charge is -2.16. The normalized spacial score (nSPS) is 13.6. The van der Waals surface area contributed by atoms with Gasteiger partial charge >= 0.3 is 0 Å². The van der Waals surface area contributed by atoms with Crippen LogP contribution in [0.25, 0.3) is 0 Å². The van der Waals surface area contributed by atoms with Crippen molar-refractivity contribution in [3.05, 3.63) is 29.6 Å². The van der Waals surface area contributed by atoms with Crippen molar-refractivity contribution in [2.45, 2.75) is 19.8 Å². The van der Waals surface area contributed by atoms with Crippen LogP contribution in [0.4, 0.5) is 10.1 Å². The van der Waals surface area contributed by atoms with Crippen LogP contribution in [-0.2, 0) is 9.59 Å². The van der Waals surface area contributed by atoms with Crippen molar-refractivity contribution in [1.29, 1.82) is 0 Å². The molecule has 0 aliphatic carbocycles. The standard InChI is InChI=1S/C14H15FN2O3/c1-2-3-7-16-11(18)8-17-12-9(13(19)14(17)20)5-4-6-10(12)15/h4-6H,2-3,7-8H2,1H3,(H,16,18). The highest BCUT2D eigenvalue weighted by molar-refractivity contribution is 6.52. The van der Waals surface area contributed by atoms with Gasteiger partial charge in [0.15, 0.2) is 0 Å². The Kier molecular flexibility index (Phi) is 4.12. The van der Waals surface area contributed by atoms with Crippen LogP contribution in [0, 0.1) is 5.82 Å². The minimum absolute atomic E-state index is 0.0105. The lowest BCUT2D eigenvalue weighted by Crippen LogP contribution is -2.40. The molecule has 0 saturated carbocycles. The van der Waals surface area contributed by atoms with Gasteiger partial charge in [0, 0.05) is 6.54 Å². The van der Waals surface area contributed by atoms with Crippen molar-refractivity contribution in [2.24, 2.45) is 0 Å². The smallest absolute Gasteiger partial charge is 0.300 e. The van der Waals surface area contributed by atoms with E-state index in [0.29, 0.717) is 6.54 Å². The van der Waals surface area contributed by atoms with Gasteiger partial charge in [-0.05, 0) is 18.6 Å². The monoisotopic (exact) mass is 278 g/mol. The van der Waals surface area contributed by atoms with Gasteiger partial charge in [0.1, 0.15) is 12.4 Å². The van der Waals surface area contributed by atoms with Crippen molar-refractivity contribution in [2.75, 3.05) is 18.0 Å². The van der Waals surface area contributed by atoms with E-state index >= 15 is 0 Å². The summed E-state index contributed by atoms with van der Waals surface area (Å²) in [5, 5.41) is 2.63. The highest BCUT2D eigenvalue weighted by Gasteiger charge is 2.38. The van der Waals surface area contributed by atoms with E-state index in [1.54, 1.807) is 0 Å². The summed E-state index contributed by atoms with van der Waals surface area (Å²) in [6.45, 7) is 2.14. The molecule has 0 saturated heterocycles. The fourth-order valence-corrected chi connectivity index (χ4v) is 2.07. The Morgan fingerprint density at radius 3 is 2.80 bits per heavy atom. The zero-order chi connectivity index (χ0) is 14.7. The number of fused-ring (bicyclic) bond motifs is 1. The molecule has 0 bridgehead atoms. The summed E-state index contributed by atoms with van der Waals surface area (Å²) in [5.41, 5.74) is -0.0931. The first-order valence-electron chi connectivity index (χ1n) is 6.47. The van der Waals surface area contributed by atoms with Crippen LogP contribution < -0.4 is 10.2 Å². The fraction of sp³-hybridized carbons (Fsp3) is 0.357. The topological polar surface area (TPSA) is 66.5 Å². The van der Waals surface area contributed by atoms with Gasteiger partial charge in [-0.15, -0.1) is 0 Å². The molecule has 2 amide bonds. The van der Waals surface area contributed by atoms with Crippen LogP contribution in [0.5, 0.6) is 0 Å². The molecule has 20 heavy (non-hydrogen) atoms. The van der Waals surface area contributed by atoms with E-state index in [0.717, 1.165) is 23.8 Å². The Labute approximate surface area is 115 Å². The molecule has 6 heteroatoms. The van der Waals surface area contributed by atoms with Crippen molar-refractivity contribution in [3.8, 4) is 0 Å². The van der Waals surface area contributed by atoms with Gasteiger partial charge in [0.25, 0.3) is 11.7 Å². The molecule has 0 spiro atoms. The lowest BCUT2D eigenvalue weighted by atomic mass is 10.1. The van der Waals surface area contributed by atoms with Gasteiger partial charge < -0.3 is 5.32 Å². The van der Waals surface area contributed by atoms with E-state index < -0.39 is 23.4 Å². The predicted octanol–water partition coefficient (Wildman–Crippen LogP) is 1.27. The number of carbonyl (C=O) groups excluding carboxylic acids is 3. The highest BCUT2D eigenvalue weighted by atomic mass is 19.1. The van der Waals surface area contributed by atoms with E-state index in [-0.39, 0.29) is 17.8 Å². The van der Waals surface area contributed by atoms with Crippen molar-refractivity contribution in [1.82, 2.24) is 5.32 Å². The number of nitrogens with zero attached hydrogens (tertiary/aromatic N) is 1. The number of rotatable bonds is 5. The van der Waals surface area contributed by atoms with E-state index in [9.17, 15) is 18.8 Å². The van der Waals surface area contributed by atoms with Gasteiger partial charge in [-0.2, -0.15) is 0 Å². The first-order valence-corrected chi connectivity index (χ1v) is 6.47. The Bertz CT molecular complexity index is 572. The molecule has 0 atom stereocenters. The van der Waals surface area contributed by atoms with Gasteiger partial charge in [-0.25, -0.2) is 4.39 Å². The van der Waals surface area contributed by atoms with Crippen LogP contribution in [0.1, 0.15) is 30.1 Å². The maximum absolute atomic E-state index is 13.8. The number of nitrogens with one attached hydrogen (secondary N) is 1. The average molecular weight is 278 g/mol. The minimum Gasteiger partial charge on any atom is -0.355 e. The van der Waals surface area contributed by atoms with Gasteiger partial charge in [0.2, 0.25) is 5.91 Å². The second-order valence-corrected chi connectivity index (χ2v) is 4.56. The number of ketones is 1. The number of unbranched alkanes of at least 4 members (excludes halogenated alkanes) is 1. The molecule has 0 radical (unpaired) electrons. The SMILES string of the molecule is CCCCNC(=O)CN1C(=O)C(=O)c2cccc(F)c21. The van der Waals surface area contributed by atoms with Gasteiger partial charge in [0.05, 0.1) is 11.3 Å². The Balaban J connectivity index is 2.16. The highest BCUT2D eigenvalue weighted by Crippen LogP contribution is 2.31. The molecular weight excluding hydrogens is 263 g/mol. The zero-order valence-electron chi connectivity index (χ0n) is 11.1. The molecule has 106 valence electrons. The van der Waals surface area contributed by atoms with Crippen molar-refractivity contribution in [3.63, 3.8) is 0 Å². The maximum Gasteiger partial charge on any atom is 0.300 e. The third-order valence-electron chi connectivity index (χ3n) is 3.09. The van der Waals surface area contributed by atoms with Crippen molar-refractivity contribution < 1.29 is 18.8 Å². The van der Waals surface area contributed by atoms with E-state index in [1.807, 2.05) is 6.92 Å². The summed E-state index contributed by atoms with van der Waals surface area (Å²) in [7, 11) is 0. The van der Waals surface area contributed by atoms with E-state index in [2.05, 4.69) is 5.32 Å². The quantitative estimate of drug-likeness (QED) is 0.651. The summed E-state index contributed by atoms with van der Waals surface area (Å²) in [6.07, 6.45) is 1.75. The molecule has 5 nitrogen and oxygen atoms in total. The second kappa shape index (κ2) is 5.81. The summed E-state index contributed by atoms with van der Waals surface area (Å²) in [5.74, 6) is -2.73. The first kappa shape index (κ1) is 14.2. The third-order valence-corrected chi connectivity index (χ3v) is 3.09. The summed E-state index contributed by atoms with van der Waals surface area (Å²) >= 11 is 0. The van der Waals surface area contributed by atoms with Crippen molar-refractivity contribution >= 4 is 23.3 Å². The number of halogens is 1. The number of hydrogen-bond acceptors (Lipinski definition) is 3. The van der Waals surface area contributed by atoms with Crippen LogP contribution in [0.2, 0.25) is 0 Å². The Morgan fingerprint density at radius 1 is 1.35 bits per heavy atom. The second-order valence-electron chi connectivity index (χ2n) is 4.56. The molecule has 1 N–H and O–H groups in total. The maximum atomic E-state index is 13.8. The molecule has 1 aromatic rings. The Hall–Kier alpha value is -2.24.